The fourth-order valence-corrected chi connectivity index (χ4v) is 4.06. The molecule has 0 spiro atoms. The Morgan fingerprint density at radius 1 is 1.32 bits per heavy atom. The third kappa shape index (κ3) is 3.49. The SMILES string of the molecule is CC(C)[C@@H]1CN2CCC[C@H]2CN1C(=O)c1ccc(B(O)O)c(C=O)c1. The summed E-state index contributed by atoms with van der Waals surface area (Å²) in [4.78, 5) is 28.8. The van der Waals surface area contributed by atoms with Crippen molar-refractivity contribution in [3.8, 4) is 0 Å². The lowest BCUT2D eigenvalue weighted by Gasteiger charge is -2.45. The molecule has 1 aromatic rings. The van der Waals surface area contributed by atoms with Crippen LogP contribution in [0.5, 0.6) is 0 Å². The third-order valence-electron chi connectivity index (χ3n) is 5.50. The van der Waals surface area contributed by atoms with Crippen molar-refractivity contribution in [3.05, 3.63) is 29.3 Å². The lowest BCUT2D eigenvalue weighted by molar-refractivity contribution is 0.0237. The standard InChI is InChI=1S/C18H25BN2O4/c1-12(2)17-10-20-7-3-4-15(20)9-21(17)18(23)13-5-6-16(19(24)25)14(8-13)11-22/h5-6,8,11-12,15,17,24-25H,3-4,7,9-10H2,1-2H3/t15-,17-/m0/s1. The molecule has 0 unspecified atom stereocenters. The smallest absolute Gasteiger partial charge is 0.423 e. The number of nitrogens with zero attached hydrogens (tertiary/aromatic N) is 2. The molecule has 0 aromatic heterocycles. The molecule has 0 bridgehead atoms. The minimum Gasteiger partial charge on any atom is -0.423 e. The lowest BCUT2D eigenvalue weighted by atomic mass is 9.76. The van der Waals surface area contributed by atoms with E-state index >= 15 is 0 Å². The molecule has 0 saturated carbocycles. The highest BCUT2D eigenvalue weighted by atomic mass is 16.4. The zero-order chi connectivity index (χ0) is 18.1. The Kier molecular flexibility index (Phi) is 5.27. The van der Waals surface area contributed by atoms with Crippen LogP contribution in [0, 0.1) is 5.92 Å². The van der Waals surface area contributed by atoms with Crippen molar-refractivity contribution in [1.29, 1.82) is 0 Å². The predicted molar refractivity (Wildman–Crippen MR) is 95.9 cm³/mol. The van der Waals surface area contributed by atoms with Crippen LogP contribution in [0.4, 0.5) is 0 Å². The summed E-state index contributed by atoms with van der Waals surface area (Å²) >= 11 is 0. The summed E-state index contributed by atoms with van der Waals surface area (Å²) in [7, 11) is -1.73. The minimum atomic E-state index is -1.73. The molecule has 2 aliphatic rings. The monoisotopic (exact) mass is 344 g/mol. The van der Waals surface area contributed by atoms with Crippen molar-refractivity contribution >= 4 is 24.8 Å². The van der Waals surface area contributed by atoms with Gasteiger partial charge in [0.25, 0.3) is 5.91 Å². The average molecular weight is 344 g/mol. The summed E-state index contributed by atoms with van der Waals surface area (Å²) in [5.74, 6) is 0.252. The Balaban J connectivity index is 1.88. The molecule has 0 radical (unpaired) electrons. The van der Waals surface area contributed by atoms with Crippen molar-refractivity contribution in [3.63, 3.8) is 0 Å². The van der Waals surface area contributed by atoms with Gasteiger partial charge in [-0.15, -0.1) is 0 Å². The molecule has 134 valence electrons. The fourth-order valence-electron chi connectivity index (χ4n) is 4.06. The summed E-state index contributed by atoms with van der Waals surface area (Å²) in [5, 5.41) is 18.7. The molecule has 2 atom stereocenters. The molecule has 6 nitrogen and oxygen atoms in total. The molecule has 0 aliphatic carbocycles. The first-order valence-corrected chi connectivity index (χ1v) is 8.92. The number of carbonyl (C=O) groups is 2. The first-order chi connectivity index (χ1) is 11.9. The maximum absolute atomic E-state index is 13.1. The van der Waals surface area contributed by atoms with Gasteiger partial charge in [-0.2, -0.15) is 0 Å². The molecular formula is C18H25BN2O4. The summed E-state index contributed by atoms with van der Waals surface area (Å²) in [6, 6.07) is 5.04. The van der Waals surface area contributed by atoms with Crippen LogP contribution in [0.15, 0.2) is 18.2 Å². The molecule has 1 aromatic carbocycles. The topological polar surface area (TPSA) is 81.1 Å². The van der Waals surface area contributed by atoms with Gasteiger partial charge in [0.05, 0.1) is 0 Å². The zero-order valence-corrected chi connectivity index (χ0v) is 14.8. The van der Waals surface area contributed by atoms with Crippen LogP contribution in [-0.2, 0) is 0 Å². The van der Waals surface area contributed by atoms with E-state index in [0.717, 1.165) is 19.5 Å². The Bertz CT molecular complexity index is 664. The Labute approximate surface area is 148 Å². The average Bonchev–Trinajstić information content (AvgIpc) is 3.06. The van der Waals surface area contributed by atoms with Crippen LogP contribution in [0.25, 0.3) is 0 Å². The van der Waals surface area contributed by atoms with Crippen molar-refractivity contribution < 1.29 is 19.6 Å². The van der Waals surface area contributed by atoms with E-state index in [1.165, 1.54) is 18.6 Å². The van der Waals surface area contributed by atoms with Crippen LogP contribution in [0.2, 0.25) is 0 Å². The van der Waals surface area contributed by atoms with E-state index in [0.29, 0.717) is 30.4 Å². The summed E-state index contributed by atoms with van der Waals surface area (Å²) in [6.07, 6.45) is 2.85. The first-order valence-electron chi connectivity index (χ1n) is 8.92. The summed E-state index contributed by atoms with van der Waals surface area (Å²) < 4.78 is 0. The molecule has 2 saturated heterocycles. The van der Waals surface area contributed by atoms with Crippen LogP contribution in [0.1, 0.15) is 47.4 Å². The quantitative estimate of drug-likeness (QED) is 0.599. The summed E-state index contributed by atoms with van der Waals surface area (Å²) in [6.45, 7) is 6.96. The fraction of sp³-hybridized carbons (Fsp3) is 0.556. The number of piperazine rings is 1. The van der Waals surface area contributed by atoms with Crippen LogP contribution in [-0.4, -0.2) is 70.9 Å². The van der Waals surface area contributed by atoms with Gasteiger partial charge in [-0.25, -0.2) is 0 Å². The Morgan fingerprint density at radius 2 is 2.08 bits per heavy atom. The second-order valence-electron chi connectivity index (χ2n) is 7.40. The van der Waals surface area contributed by atoms with Crippen molar-refractivity contribution in [2.75, 3.05) is 19.6 Å². The van der Waals surface area contributed by atoms with Gasteiger partial charge in [0.15, 0.2) is 0 Å². The highest BCUT2D eigenvalue weighted by Crippen LogP contribution is 2.28. The molecule has 2 heterocycles. The van der Waals surface area contributed by atoms with Gasteiger partial charge in [0.1, 0.15) is 6.29 Å². The van der Waals surface area contributed by atoms with E-state index in [1.54, 1.807) is 6.07 Å². The highest BCUT2D eigenvalue weighted by molar-refractivity contribution is 6.60. The van der Waals surface area contributed by atoms with E-state index in [2.05, 4.69) is 18.7 Å². The predicted octanol–water partition coefficient (Wildman–Crippen LogP) is 0.124. The van der Waals surface area contributed by atoms with E-state index in [9.17, 15) is 19.6 Å². The van der Waals surface area contributed by atoms with E-state index in [1.807, 2.05) is 4.90 Å². The van der Waals surface area contributed by atoms with Gasteiger partial charge >= 0.3 is 7.12 Å². The first kappa shape index (κ1) is 18.1. The number of hydrogen-bond donors (Lipinski definition) is 2. The number of rotatable bonds is 4. The minimum absolute atomic E-state index is 0.0904. The van der Waals surface area contributed by atoms with Crippen molar-refractivity contribution in [2.24, 2.45) is 5.92 Å². The number of hydrogen-bond acceptors (Lipinski definition) is 5. The van der Waals surface area contributed by atoms with Crippen LogP contribution >= 0.6 is 0 Å². The Hall–Kier alpha value is -1.70. The number of carbonyl (C=O) groups excluding carboxylic acids is 2. The van der Waals surface area contributed by atoms with Crippen LogP contribution < -0.4 is 5.46 Å². The maximum atomic E-state index is 13.1. The molecule has 2 fully saturated rings. The lowest BCUT2D eigenvalue weighted by Crippen LogP contribution is -2.59. The molecule has 1 amide bonds. The molecule has 2 aliphatic heterocycles. The second kappa shape index (κ2) is 7.27. The van der Waals surface area contributed by atoms with Gasteiger partial charge in [0.2, 0.25) is 0 Å². The Morgan fingerprint density at radius 3 is 2.72 bits per heavy atom. The molecule has 3 rings (SSSR count). The van der Waals surface area contributed by atoms with Crippen LogP contribution in [0.3, 0.4) is 0 Å². The summed E-state index contributed by atoms with van der Waals surface area (Å²) in [5.41, 5.74) is 0.678. The van der Waals surface area contributed by atoms with Crippen molar-refractivity contribution in [2.45, 2.75) is 38.8 Å². The number of fused-ring (bicyclic) bond motifs is 1. The van der Waals surface area contributed by atoms with Gasteiger partial charge in [-0.3, -0.25) is 14.5 Å². The third-order valence-corrected chi connectivity index (χ3v) is 5.50. The van der Waals surface area contributed by atoms with Crippen molar-refractivity contribution in [1.82, 2.24) is 9.80 Å². The largest absolute Gasteiger partial charge is 0.489 e. The molecule has 25 heavy (non-hydrogen) atoms. The normalized spacial score (nSPS) is 23.6. The number of amides is 1. The molecular weight excluding hydrogens is 319 g/mol. The van der Waals surface area contributed by atoms with Gasteiger partial charge in [-0.1, -0.05) is 19.9 Å². The van der Waals surface area contributed by atoms with E-state index < -0.39 is 7.12 Å². The zero-order valence-electron chi connectivity index (χ0n) is 14.8. The number of benzene rings is 1. The van der Waals surface area contributed by atoms with Gasteiger partial charge in [0, 0.05) is 36.3 Å². The maximum Gasteiger partial charge on any atom is 0.489 e. The molecule has 2 N–H and O–H groups in total. The molecule has 7 heteroatoms. The van der Waals surface area contributed by atoms with E-state index in [4.69, 9.17) is 0 Å². The second-order valence-corrected chi connectivity index (χ2v) is 7.40. The van der Waals surface area contributed by atoms with Gasteiger partial charge in [-0.05, 0) is 42.9 Å². The van der Waals surface area contributed by atoms with Gasteiger partial charge < -0.3 is 14.9 Å². The highest BCUT2D eigenvalue weighted by Gasteiger charge is 2.39. The van der Waals surface area contributed by atoms with E-state index in [-0.39, 0.29) is 23.0 Å². The number of aldehydes is 1.